The number of aromatic nitrogens is 2. The Bertz CT molecular complexity index is 488. The van der Waals surface area contributed by atoms with Crippen LogP contribution in [0, 0.1) is 0 Å². The molecule has 0 saturated carbocycles. The van der Waals surface area contributed by atoms with Gasteiger partial charge in [-0.3, -0.25) is 0 Å². The van der Waals surface area contributed by atoms with E-state index < -0.39 is 0 Å². The molecule has 0 fully saturated rings. The summed E-state index contributed by atoms with van der Waals surface area (Å²) in [6, 6.07) is 11.1. The van der Waals surface area contributed by atoms with Gasteiger partial charge in [0, 0.05) is 25.0 Å². The van der Waals surface area contributed by atoms with Gasteiger partial charge in [0.05, 0.1) is 5.69 Å². The van der Waals surface area contributed by atoms with Crippen LogP contribution >= 0.6 is 0 Å². The molecule has 0 aliphatic rings. The summed E-state index contributed by atoms with van der Waals surface area (Å²) in [7, 11) is 0. The molecule has 1 atom stereocenters. The maximum absolute atomic E-state index is 4.24. The van der Waals surface area contributed by atoms with Crippen molar-refractivity contribution >= 4 is 0 Å². The van der Waals surface area contributed by atoms with E-state index in [2.05, 4.69) is 48.5 Å². The van der Waals surface area contributed by atoms with E-state index in [9.17, 15) is 0 Å². The predicted molar refractivity (Wildman–Crippen MR) is 88.6 cm³/mol. The molecule has 2 aromatic rings. The molecule has 0 bridgehead atoms. The Kier molecular flexibility index (Phi) is 6.48. The summed E-state index contributed by atoms with van der Waals surface area (Å²) >= 11 is 0. The summed E-state index contributed by atoms with van der Waals surface area (Å²) in [4.78, 5) is 0. The predicted octanol–water partition coefficient (Wildman–Crippen LogP) is 4.32. The standard InChI is InChI=1S/C18H27N3/c1-3-4-5-6-8-16(2)19-15-17-9-11-18(12-10-17)21-14-7-13-20-21/h7,9-14,16,19H,3-6,8,15H2,1-2H3. The number of nitrogens with one attached hydrogen (secondary N) is 1. The van der Waals surface area contributed by atoms with Crippen molar-refractivity contribution in [3.8, 4) is 5.69 Å². The maximum Gasteiger partial charge on any atom is 0.0645 e. The fraction of sp³-hybridized carbons (Fsp3) is 0.500. The van der Waals surface area contributed by atoms with Crippen LogP contribution in [0.3, 0.4) is 0 Å². The minimum Gasteiger partial charge on any atom is -0.310 e. The van der Waals surface area contributed by atoms with Crippen LogP contribution in [0.25, 0.3) is 5.69 Å². The van der Waals surface area contributed by atoms with Gasteiger partial charge in [0.15, 0.2) is 0 Å². The highest BCUT2D eigenvalue weighted by Gasteiger charge is 2.02. The number of hydrogen-bond acceptors (Lipinski definition) is 2. The highest BCUT2D eigenvalue weighted by molar-refractivity contribution is 5.33. The van der Waals surface area contributed by atoms with Crippen molar-refractivity contribution < 1.29 is 0 Å². The molecule has 0 aliphatic heterocycles. The third-order valence-corrected chi connectivity index (χ3v) is 3.85. The smallest absolute Gasteiger partial charge is 0.0645 e. The van der Waals surface area contributed by atoms with Gasteiger partial charge in [0.25, 0.3) is 0 Å². The van der Waals surface area contributed by atoms with E-state index in [-0.39, 0.29) is 0 Å². The van der Waals surface area contributed by atoms with Gasteiger partial charge < -0.3 is 5.32 Å². The zero-order chi connectivity index (χ0) is 14.9. The van der Waals surface area contributed by atoms with Crippen molar-refractivity contribution in [2.24, 2.45) is 0 Å². The first kappa shape index (κ1) is 15.8. The molecule has 1 aromatic heterocycles. The normalized spacial score (nSPS) is 12.5. The Hall–Kier alpha value is -1.61. The number of unbranched alkanes of at least 4 members (excludes halogenated alkanes) is 3. The Morgan fingerprint density at radius 3 is 2.62 bits per heavy atom. The molecule has 1 unspecified atom stereocenters. The topological polar surface area (TPSA) is 29.9 Å². The molecular weight excluding hydrogens is 258 g/mol. The van der Waals surface area contributed by atoms with Crippen molar-refractivity contribution in [2.45, 2.75) is 58.5 Å². The summed E-state index contributed by atoms with van der Waals surface area (Å²) in [5.41, 5.74) is 2.43. The van der Waals surface area contributed by atoms with Gasteiger partial charge in [-0.2, -0.15) is 5.10 Å². The Balaban J connectivity index is 1.73. The Morgan fingerprint density at radius 1 is 1.14 bits per heavy atom. The van der Waals surface area contributed by atoms with Gasteiger partial charge in [0.2, 0.25) is 0 Å². The van der Waals surface area contributed by atoms with E-state index in [1.165, 1.54) is 37.7 Å². The largest absolute Gasteiger partial charge is 0.310 e. The van der Waals surface area contributed by atoms with E-state index in [1.54, 1.807) is 6.20 Å². The van der Waals surface area contributed by atoms with E-state index >= 15 is 0 Å². The third kappa shape index (κ3) is 5.35. The summed E-state index contributed by atoms with van der Waals surface area (Å²) in [5.74, 6) is 0. The fourth-order valence-electron chi connectivity index (χ4n) is 2.46. The van der Waals surface area contributed by atoms with E-state index in [0.29, 0.717) is 6.04 Å². The third-order valence-electron chi connectivity index (χ3n) is 3.85. The van der Waals surface area contributed by atoms with Crippen LogP contribution in [0.15, 0.2) is 42.7 Å². The molecule has 3 heteroatoms. The SMILES string of the molecule is CCCCCCC(C)NCc1ccc(-n2cccn2)cc1. The summed E-state index contributed by atoms with van der Waals surface area (Å²) < 4.78 is 1.88. The van der Waals surface area contributed by atoms with Crippen molar-refractivity contribution in [1.82, 2.24) is 15.1 Å². The first-order valence-electron chi connectivity index (χ1n) is 8.12. The number of benzene rings is 1. The molecule has 21 heavy (non-hydrogen) atoms. The second-order valence-corrected chi connectivity index (χ2v) is 5.75. The Morgan fingerprint density at radius 2 is 1.95 bits per heavy atom. The van der Waals surface area contributed by atoms with Gasteiger partial charge in [-0.05, 0) is 37.1 Å². The minimum absolute atomic E-state index is 0.590. The van der Waals surface area contributed by atoms with Crippen LogP contribution in [-0.2, 0) is 6.54 Å². The highest BCUT2D eigenvalue weighted by atomic mass is 15.3. The maximum atomic E-state index is 4.24. The number of hydrogen-bond donors (Lipinski definition) is 1. The van der Waals surface area contributed by atoms with Crippen LogP contribution in [0.2, 0.25) is 0 Å². The average Bonchev–Trinajstić information content (AvgIpc) is 3.04. The second-order valence-electron chi connectivity index (χ2n) is 5.75. The molecule has 114 valence electrons. The lowest BCUT2D eigenvalue weighted by molar-refractivity contribution is 0.482. The van der Waals surface area contributed by atoms with Gasteiger partial charge in [0.1, 0.15) is 0 Å². The highest BCUT2D eigenvalue weighted by Crippen LogP contribution is 2.10. The molecule has 1 N–H and O–H groups in total. The van der Waals surface area contributed by atoms with Crippen molar-refractivity contribution in [1.29, 1.82) is 0 Å². The number of nitrogens with zero attached hydrogens (tertiary/aromatic N) is 2. The molecule has 3 nitrogen and oxygen atoms in total. The van der Waals surface area contributed by atoms with Crippen molar-refractivity contribution in [2.75, 3.05) is 0 Å². The first-order valence-corrected chi connectivity index (χ1v) is 8.12. The van der Waals surface area contributed by atoms with E-state index in [0.717, 1.165) is 12.2 Å². The van der Waals surface area contributed by atoms with Gasteiger partial charge >= 0.3 is 0 Å². The Labute approximate surface area is 128 Å². The van der Waals surface area contributed by atoms with Gasteiger partial charge in [-0.1, -0.05) is 44.7 Å². The molecule has 0 amide bonds. The molecule has 0 saturated heterocycles. The molecule has 1 aromatic carbocycles. The monoisotopic (exact) mass is 285 g/mol. The average molecular weight is 285 g/mol. The lowest BCUT2D eigenvalue weighted by Crippen LogP contribution is -2.25. The quantitative estimate of drug-likeness (QED) is 0.695. The molecule has 0 aliphatic carbocycles. The molecule has 0 spiro atoms. The van der Waals surface area contributed by atoms with Gasteiger partial charge in [-0.15, -0.1) is 0 Å². The van der Waals surface area contributed by atoms with E-state index in [1.807, 2.05) is 16.9 Å². The zero-order valence-electron chi connectivity index (χ0n) is 13.3. The van der Waals surface area contributed by atoms with Crippen LogP contribution in [0.1, 0.15) is 51.5 Å². The van der Waals surface area contributed by atoms with Crippen LogP contribution < -0.4 is 5.32 Å². The summed E-state index contributed by atoms with van der Waals surface area (Å²) in [5, 5.41) is 7.85. The fourth-order valence-corrected chi connectivity index (χ4v) is 2.46. The molecular formula is C18H27N3. The summed E-state index contributed by atoms with van der Waals surface area (Å²) in [6.07, 6.45) is 10.4. The van der Waals surface area contributed by atoms with Crippen LogP contribution in [-0.4, -0.2) is 15.8 Å². The molecule has 0 radical (unpaired) electrons. The molecule has 1 heterocycles. The van der Waals surface area contributed by atoms with Crippen molar-refractivity contribution in [3.05, 3.63) is 48.3 Å². The zero-order valence-corrected chi connectivity index (χ0v) is 13.3. The van der Waals surface area contributed by atoms with Crippen molar-refractivity contribution in [3.63, 3.8) is 0 Å². The number of rotatable bonds is 9. The van der Waals surface area contributed by atoms with E-state index in [4.69, 9.17) is 0 Å². The van der Waals surface area contributed by atoms with Crippen LogP contribution in [0.5, 0.6) is 0 Å². The molecule has 2 rings (SSSR count). The second kappa shape index (κ2) is 8.63. The van der Waals surface area contributed by atoms with Crippen LogP contribution in [0.4, 0.5) is 0 Å². The first-order chi connectivity index (χ1) is 10.3. The lowest BCUT2D eigenvalue weighted by atomic mass is 10.1. The van der Waals surface area contributed by atoms with Gasteiger partial charge in [-0.25, -0.2) is 4.68 Å². The minimum atomic E-state index is 0.590. The summed E-state index contributed by atoms with van der Waals surface area (Å²) in [6.45, 7) is 5.48. The lowest BCUT2D eigenvalue weighted by Gasteiger charge is -2.14.